The van der Waals surface area contributed by atoms with Crippen LogP contribution in [-0.4, -0.2) is 31.8 Å². The van der Waals surface area contributed by atoms with Gasteiger partial charge in [0, 0.05) is 0 Å². The maximum absolute atomic E-state index is 11.5. The van der Waals surface area contributed by atoms with Crippen molar-refractivity contribution in [1.82, 2.24) is 5.32 Å². The molecule has 0 aromatic heterocycles. The van der Waals surface area contributed by atoms with Gasteiger partial charge in [-0.3, -0.25) is 4.79 Å². The van der Waals surface area contributed by atoms with E-state index in [0.29, 0.717) is 13.2 Å². The average Bonchev–Trinajstić information content (AvgIpc) is 2.22. The fourth-order valence-corrected chi connectivity index (χ4v) is 1.69. The lowest BCUT2D eigenvalue weighted by Gasteiger charge is -2.26. The molecule has 0 unspecified atom stereocenters. The lowest BCUT2D eigenvalue weighted by atomic mass is 10.1. The van der Waals surface area contributed by atoms with Gasteiger partial charge in [0.25, 0.3) is 5.91 Å². The van der Waals surface area contributed by atoms with E-state index in [0.717, 1.165) is 11.3 Å². The van der Waals surface area contributed by atoms with Gasteiger partial charge in [-0.1, -0.05) is 17.7 Å². The molecule has 0 aliphatic carbocycles. The molecule has 1 aromatic rings. The van der Waals surface area contributed by atoms with Crippen LogP contribution in [0.25, 0.3) is 0 Å². The molecule has 1 saturated heterocycles. The fraction of sp³-hybridized carbons (Fsp3) is 0.462. The molecule has 0 bridgehead atoms. The SMILES string of the molecule is Cc1ccc(OCC(=O)NC2COC2)c(C)c1. The van der Waals surface area contributed by atoms with Gasteiger partial charge in [-0.15, -0.1) is 0 Å². The Balaban J connectivity index is 1.82. The number of benzene rings is 1. The monoisotopic (exact) mass is 235 g/mol. The third-order valence-corrected chi connectivity index (χ3v) is 2.69. The number of amides is 1. The minimum Gasteiger partial charge on any atom is -0.484 e. The minimum absolute atomic E-state index is 0.0560. The van der Waals surface area contributed by atoms with Crippen molar-refractivity contribution in [2.75, 3.05) is 19.8 Å². The van der Waals surface area contributed by atoms with Crippen molar-refractivity contribution >= 4 is 5.91 Å². The van der Waals surface area contributed by atoms with E-state index in [9.17, 15) is 4.79 Å². The van der Waals surface area contributed by atoms with Crippen LogP contribution in [0.15, 0.2) is 18.2 Å². The Bertz CT molecular complexity index is 413. The molecule has 4 nitrogen and oxygen atoms in total. The van der Waals surface area contributed by atoms with E-state index in [1.54, 1.807) is 0 Å². The third-order valence-electron chi connectivity index (χ3n) is 2.69. The van der Waals surface area contributed by atoms with Crippen LogP contribution >= 0.6 is 0 Å². The highest BCUT2D eigenvalue weighted by atomic mass is 16.5. The molecule has 1 aliphatic heterocycles. The summed E-state index contributed by atoms with van der Waals surface area (Å²) in [5, 5.41) is 2.83. The highest BCUT2D eigenvalue weighted by Gasteiger charge is 2.20. The van der Waals surface area contributed by atoms with E-state index in [1.807, 2.05) is 32.0 Å². The maximum atomic E-state index is 11.5. The maximum Gasteiger partial charge on any atom is 0.258 e. The molecule has 1 heterocycles. The molecule has 1 fully saturated rings. The van der Waals surface area contributed by atoms with E-state index < -0.39 is 0 Å². The Morgan fingerprint density at radius 3 is 2.82 bits per heavy atom. The van der Waals surface area contributed by atoms with Gasteiger partial charge in [-0.2, -0.15) is 0 Å². The first kappa shape index (κ1) is 11.9. The zero-order chi connectivity index (χ0) is 12.3. The number of nitrogens with one attached hydrogen (secondary N) is 1. The van der Waals surface area contributed by atoms with Gasteiger partial charge in [-0.25, -0.2) is 0 Å². The number of aryl methyl sites for hydroxylation is 2. The Morgan fingerprint density at radius 1 is 1.47 bits per heavy atom. The number of ether oxygens (including phenoxy) is 2. The van der Waals surface area contributed by atoms with Gasteiger partial charge in [-0.05, 0) is 25.5 Å². The Hall–Kier alpha value is -1.55. The summed E-state index contributed by atoms with van der Waals surface area (Å²) in [6.07, 6.45) is 0. The van der Waals surface area contributed by atoms with E-state index in [-0.39, 0.29) is 18.6 Å². The predicted molar refractivity (Wildman–Crippen MR) is 64.2 cm³/mol. The Morgan fingerprint density at radius 2 is 2.24 bits per heavy atom. The van der Waals surface area contributed by atoms with Crippen LogP contribution in [0.4, 0.5) is 0 Å². The molecule has 1 aliphatic rings. The van der Waals surface area contributed by atoms with Crippen LogP contribution in [0.1, 0.15) is 11.1 Å². The van der Waals surface area contributed by atoms with Gasteiger partial charge < -0.3 is 14.8 Å². The predicted octanol–water partition coefficient (Wildman–Crippen LogP) is 1.20. The molecule has 1 amide bonds. The van der Waals surface area contributed by atoms with Crippen LogP contribution in [0.5, 0.6) is 5.75 Å². The summed E-state index contributed by atoms with van der Waals surface area (Å²) in [5.41, 5.74) is 2.23. The molecule has 0 saturated carbocycles. The van der Waals surface area contributed by atoms with Gasteiger partial charge in [0.2, 0.25) is 0 Å². The van der Waals surface area contributed by atoms with E-state index in [1.165, 1.54) is 5.56 Å². The molecule has 4 heteroatoms. The standard InChI is InChI=1S/C13H17NO3/c1-9-3-4-12(10(2)5-9)17-8-13(15)14-11-6-16-7-11/h3-5,11H,6-8H2,1-2H3,(H,14,15). The number of carbonyl (C=O) groups excluding carboxylic acids is 1. The summed E-state index contributed by atoms with van der Waals surface area (Å²) in [5.74, 6) is 0.661. The van der Waals surface area contributed by atoms with E-state index >= 15 is 0 Å². The van der Waals surface area contributed by atoms with Crippen LogP contribution in [0, 0.1) is 13.8 Å². The number of hydrogen-bond acceptors (Lipinski definition) is 3. The lowest BCUT2D eigenvalue weighted by Crippen LogP contribution is -2.49. The van der Waals surface area contributed by atoms with Crippen molar-refractivity contribution < 1.29 is 14.3 Å². The number of rotatable bonds is 4. The molecule has 1 aromatic carbocycles. The normalized spacial score (nSPS) is 15.2. The highest BCUT2D eigenvalue weighted by Crippen LogP contribution is 2.18. The van der Waals surface area contributed by atoms with E-state index in [4.69, 9.17) is 9.47 Å². The molecule has 0 atom stereocenters. The molecule has 0 radical (unpaired) electrons. The van der Waals surface area contributed by atoms with Gasteiger partial charge >= 0.3 is 0 Å². The van der Waals surface area contributed by atoms with Crippen molar-refractivity contribution in [3.8, 4) is 5.75 Å². The van der Waals surface area contributed by atoms with Crippen molar-refractivity contribution in [1.29, 1.82) is 0 Å². The summed E-state index contributed by atoms with van der Waals surface area (Å²) in [6, 6.07) is 6.06. The molecule has 1 N–H and O–H groups in total. The molecule has 17 heavy (non-hydrogen) atoms. The zero-order valence-corrected chi connectivity index (χ0v) is 10.2. The van der Waals surface area contributed by atoms with Crippen LogP contribution in [0.3, 0.4) is 0 Å². The Labute approximate surface area is 101 Å². The quantitative estimate of drug-likeness (QED) is 0.853. The molecular weight excluding hydrogens is 218 g/mol. The molecular formula is C13H17NO3. The summed E-state index contributed by atoms with van der Waals surface area (Å²) >= 11 is 0. The Kier molecular flexibility index (Phi) is 3.64. The van der Waals surface area contributed by atoms with Crippen molar-refractivity contribution in [3.63, 3.8) is 0 Å². The highest BCUT2D eigenvalue weighted by molar-refractivity contribution is 5.78. The molecule has 92 valence electrons. The second-order valence-electron chi connectivity index (χ2n) is 4.36. The first-order valence-electron chi connectivity index (χ1n) is 5.72. The summed E-state index contributed by atoms with van der Waals surface area (Å²) in [7, 11) is 0. The van der Waals surface area contributed by atoms with Crippen molar-refractivity contribution in [2.24, 2.45) is 0 Å². The van der Waals surface area contributed by atoms with Crippen LogP contribution in [-0.2, 0) is 9.53 Å². The first-order valence-corrected chi connectivity index (χ1v) is 5.72. The summed E-state index contributed by atoms with van der Waals surface area (Å²) in [6.45, 7) is 5.27. The molecule has 0 spiro atoms. The molecule has 2 rings (SSSR count). The fourth-order valence-electron chi connectivity index (χ4n) is 1.69. The lowest BCUT2D eigenvalue weighted by molar-refractivity contribution is -0.127. The van der Waals surface area contributed by atoms with Gasteiger partial charge in [0.05, 0.1) is 19.3 Å². The van der Waals surface area contributed by atoms with Crippen molar-refractivity contribution in [3.05, 3.63) is 29.3 Å². The second-order valence-corrected chi connectivity index (χ2v) is 4.36. The summed E-state index contributed by atoms with van der Waals surface area (Å²) < 4.78 is 10.4. The topological polar surface area (TPSA) is 47.6 Å². The second kappa shape index (κ2) is 5.19. The van der Waals surface area contributed by atoms with Gasteiger partial charge in [0.15, 0.2) is 6.61 Å². The summed E-state index contributed by atoms with van der Waals surface area (Å²) in [4.78, 5) is 11.5. The van der Waals surface area contributed by atoms with E-state index in [2.05, 4.69) is 5.32 Å². The number of hydrogen-bond donors (Lipinski definition) is 1. The smallest absolute Gasteiger partial charge is 0.258 e. The third kappa shape index (κ3) is 3.20. The minimum atomic E-state index is -0.0988. The average molecular weight is 235 g/mol. The van der Waals surface area contributed by atoms with Crippen LogP contribution in [0.2, 0.25) is 0 Å². The number of carbonyl (C=O) groups is 1. The largest absolute Gasteiger partial charge is 0.484 e. The van der Waals surface area contributed by atoms with Crippen LogP contribution < -0.4 is 10.1 Å². The van der Waals surface area contributed by atoms with Crippen molar-refractivity contribution in [2.45, 2.75) is 19.9 Å². The zero-order valence-electron chi connectivity index (χ0n) is 10.2. The first-order chi connectivity index (χ1) is 8.15. The van der Waals surface area contributed by atoms with Gasteiger partial charge in [0.1, 0.15) is 5.75 Å².